The molecule has 0 unspecified atom stereocenters. The van der Waals surface area contributed by atoms with Gasteiger partial charge in [0.1, 0.15) is 5.82 Å². The third-order valence-corrected chi connectivity index (χ3v) is 8.97. The number of halogens is 1. The second-order valence-corrected chi connectivity index (χ2v) is 12.4. The number of aryl methyl sites for hydroxylation is 1. The number of aromatic nitrogens is 2. The number of nitrogens with zero attached hydrogens (tertiary/aromatic N) is 3. The first-order valence-corrected chi connectivity index (χ1v) is 13.0. The summed E-state index contributed by atoms with van der Waals surface area (Å²) < 4.78 is 39.1. The highest BCUT2D eigenvalue weighted by molar-refractivity contribution is 7.92. The van der Waals surface area contributed by atoms with Gasteiger partial charge in [-0.3, -0.25) is 14.3 Å². The van der Waals surface area contributed by atoms with E-state index in [1.807, 2.05) is 19.2 Å². The van der Waals surface area contributed by atoms with Gasteiger partial charge < -0.3 is 0 Å². The molecule has 0 bridgehead atoms. The zero-order chi connectivity index (χ0) is 24.0. The van der Waals surface area contributed by atoms with Crippen LogP contribution >= 0.6 is 0 Å². The first-order chi connectivity index (χ1) is 15.5. The van der Waals surface area contributed by atoms with Crippen molar-refractivity contribution in [2.24, 2.45) is 0 Å². The number of hydrogen-bond acceptors (Lipinski definition) is 5. The van der Waals surface area contributed by atoms with E-state index >= 15 is 0 Å². The molecule has 1 heterocycles. The zero-order valence-electron chi connectivity index (χ0n) is 19.5. The van der Waals surface area contributed by atoms with E-state index < -0.39 is 14.6 Å². The SMILES string of the molecule is CN(Cc1ccc(-c2ccc3c(=O)n(CCC(C)(C)S(C)(=O)=O)cnc3c2)cc1F)C1CC1. The number of sulfone groups is 1. The van der Waals surface area contributed by atoms with E-state index in [0.717, 1.165) is 11.1 Å². The van der Waals surface area contributed by atoms with Gasteiger partial charge in [0.2, 0.25) is 0 Å². The second-order valence-electron chi connectivity index (χ2n) is 9.71. The lowest BCUT2D eigenvalue weighted by atomic mass is 10.0. The van der Waals surface area contributed by atoms with Gasteiger partial charge in [0.25, 0.3) is 5.56 Å². The number of rotatable bonds is 8. The van der Waals surface area contributed by atoms with Crippen LogP contribution in [0.4, 0.5) is 4.39 Å². The summed E-state index contributed by atoms with van der Waals surface area (Å²) in [6, 6.07) is 11.1. The maximum absolute atomic E-state index is 14.7. The molecule has 3 aromatic rings. The first kappa shape index (κ1) is 23.6. The fourth-order valence-corrected chi connectivity index (χ4v) is 4.30. The van der Waals surface area contributed by atoms with Crippen LogP contribution in [0.5, 0.6) is 0 Å². The Kier molecular flexibility index (Phi) is 6.18. The summed E-state index contributed by atoms with van der Waals surface area (Å²) in [5.74, 6) is -0.239. The van der Waals surface area contributed by atoms with Crippen molar-refractivity contribution in [3.63, 3.8) is 0 Å². The van der Waals surface area contributed by atoms with Crippen LogP contribution in [0.3, 0.4) is 0 Å². The molecule has 6 nitrogen and oxygen atoms in total. The third kappa shape index (κ3) is 5.01. The minimum Gasteiger partial charge on any atom is -0.299 e. The summed E-state index contributed by atoms with van der Waals surface area (Å²) in [5, 5.41) is 0.446. The van der Waals surface area contributed by atoms with Crippen LogP contribution < -0.4 is 5.56 Å². The molecule has 0 spiro atoms. The Morgan fingerprint density at radius 1 is 1.15 bits per heavy atom. The Bertz CT molecular complexity index is 1360. The molecule has 176 valence electrons. The summed E-state index contributed by atoms with van der Waals surface area (Å²) in [6.45, 7) is 4.16. The van der Waals surface area contributed by atoms with Crippen LogP contribution in [-0.2, 0) is 22.9 Å². The van der Waals surface area contributed by atoms with Gasteiger partial charge >= 0.3 is 0 Å². The summed E-state index contributed by atoms with van der Waals surface area (Å²) in [4.78, 5) is 19.5. The average molecular weight is 472 g/mol. The maximum atomic E-state index is 14.7. The fourth-order valence-electron chi connectivity index (χ4n) is 3.84. The smallest absolute Gasteiger partial charge is 0.261 e. The molecule has 0 radical (unpaired) electrons. The lowest BCUT2D eigenvalue weighted by Gasteiger charge is -2.22. The molecule has 8 heteroatoms. The molecular weight excluding hydrogens is 441 g/mol. The van der Waals surface area contributed by atoms with E-state index in [1.54, 1.807) is 32.0 Å². The van der Waals surface area contributed by atoms with E-state index in [9.17, 15) is 17.6 Å². The maximum Gasteiger partial charge on any atom is 0.261 e. The molecule has 1 aliphatic rings. The van der Waals surface area contributed by atoms with Gasteiger partial charge in [0, 0.05) is 31.0 Å². The predicted molar refractivity (Wildman–Crippen MR) is 129 cm³/mol. The standard InChI is InChI=1S/C25H30FN3O3S/c1-25(2,33(4,31)32)11-12-29-16-27-23-14-18(7-10-21(23)24(29)30)17-5-6-19(22(26)13-17)15-28(3)20-8-9-20/h5-7,10,13-14,16,20H,8-9,11-12,15H2,1-4H3. The Morgan fingerprint density at radius 2 is 1.82 bits per heavy atom. The number of benzene rings is 2. The zero-order valence-corrected chi connectivity index (χ0v) is 20.3. The van der Waals surface area contributed by atoms with Crippen molar-refractivity contribution in [1.82, 2.24) is 14.5 Å². The number of hydrogen-bond donors (Lipinski definition) is 0. The van der Waals surface area contributed by atoms with Gasteiger partial charge in [-0.2, -0.15) is 0 Å². The van der Waals surface area contributed by atoms with Crippen LogP contribution in [0, 0.1) is 5.82 Å². The highest BCUT2D eigenvalue weighted by atomic mass is 32.2. The molecule has 0 saturated heterocycles. The van der Waals surface area contributed by atoms with Gasteiger partial charge in [-0.15, -0.1) is 0 Å². The van der Waals surface area contributed by atoms with Gasteiger partial charge in [-0.1, -0.05) is 18.2 Å². The van der Waals surface area contributed by atoms with Crippen LogP contribution in [0.1, 0.15) is 38.7 Å². The minimum atomic E-state index is -3.25. The van der Waals surface area contributed by atoms with E-state index in [-0.39, 0.29) is 17.9 Å². The van der Waals surface area contributed by atoms with Crippen LogP contribution in [0.2, 0.25) is 0 Å². The molecule has 1 aromatic heterocycles. The summed E-state index contributed by atoms with van der Waals surface area (Å²) in [7, 11) is -1.23. The summed E-state index contributed by atoms with van der Waals surface area (Å²) in [6.07, 6.45) is 5.31. The van der Waals surface area contributed by atoms with E-state index in [0.29, 0.717) is 35.5 Å². The molecule has 0 N–H and O–H groups in total. The summed E-state index contributed by atoms with van der Waals surface area (Å²) in [5.41, 5.74) is 2.49. The van der Waals surface area contributed by atoms with Gasteiger partial charge in [-0.05, 0) is 69.5 Å². The highest BCUT2D eigenvalue weighted by Crippen LogP contribution is 2.29. The monoisotopic (exact) mass is 471 g/mol. The van der Waals surface area contributed by atoms with Gasteiger partial charge in [0.05, 0.1) is 22.0 Å². The Balaban J connectivity index is 1.57. The van der Waals surface area contributed by atoms with Crippen LogP contribution in [-0.4, -0.2) is 47.0 Å². The topological polar surface area (TPSA) is 72.3 Å². The van der Waals surface area contributed by atoms with Crippen LogP contribution in [0.15, 0.2) is 47.5 Å². The number of fused-ring (bicyclic) bond motifs is 1. The molecule has 0 aliphatic heterocycles. The van der Waals surface area contributed by atoms with Crippen molar-refractivity contribution in [2.75, 3.05) is 13.3 Å². The highest BCUT2D eigenvalue weighted by Gasteiger charge is 2.30. The van der Waals surface area contributed by atoms with Crippen molar-refractivity contribution >= 4 is 20.7 Å². The van der Waals surface area contributed by atoms with Crippen molar-refractivity contribution in [2.45, 2.75) is 57.0 Å². The van der Waals surface area contributed by atoms with Crippen molar-refractivity contribution < 1.29 is 12.8 Å². The quantitative estimate of drug-likeness (QED) is 0.496. The molecule has 1 fully saturated rings. The molecule has 1 saturated carbocycles. The van der Waals surface area contributed by atoms with Crippen molar-refractivity contribution in [3.8, 4) is 11.1 Å². The molecule has 2 aromatic carbocycles. The van der Waals surface area contributed by atoms with E-state index in [4.69, 9.17) is 0 Å². The minimum absolute atomic E-state index is 0.222. The Labute approximate surface area is 194 Å². The predicted octanol–water partition coefficient (Wildman–Crippen LogP) is 4.01. The Morgan fingerprint density at radius 3 is 2.45 bits per heavy atom. The summed E-state index contributed by atoms with van der Waals surface area (Å²) >= 11 is 0. The van der Waals surface area contributed by atoms with E-state index in [1.165, 1.54) is 36.1 Å². The van der Waals surface area contributed by atoms with Crippen LogP contribution in [0.25, 0.3) is 22.0 Å². The second kappa shape index (κ2) is 8.65. The lowest BCUT2D eigenvalue weighted by Crippen LogP contribution is -2.33. The first-order valence-electron chi connectivity index (χ1n) is 11.1. The fraction of sp³-hybridized carbons (Fsp3) is 0.440. The molecule has 33 heavy (non-hydrogen) atoms. The molecule has 4 rings (SSSR count). The molecular formula is C25H30FN3O3S. The van der Waals surface area contributed by atoms with E-state index in [2.05, 4.69) is 9.88 Å². The largest absolute Gasteiger partial charge is 0.299 e. The molecule has 0 amide bonds. The van der Waals surface area contributed by atoms with Crippen molar-refractivity contribution in [1.29, 1.82) is 0 Å². The third-order valence-electron chi connectivity index (χ3n) is 6.76. The Hall–Kier alpha value is -2.58. The average Bonchev–Trinajstić information content (AvgIpc) is 3.59. The van der Waals surface area contributed by atoms with Gasteiger partial charge in [-0.25, -0.2) is 17.8 Å². The molecule has 0 atom stereocenters. The lowest BCUT2D eigenvalue weighted by molar-refractivity contribution is 0.311. The van der Waals surface area contributed by atoms with Gasteiger partial charge in [0.15, 0.2) is 9.84 Å². The normalized spacial score (nSPS) is 14.8. The molecule has 1 aliphatic carbocycles. The van der Waals surface area contributed by atoms with Crippen molar-refractivity contribution in [3.05, 3.63) is 64.5 Å².